The molecule has 1 aliphatic heterocycles. The zero-order valence-corrected chi connectivity index (χ0v) is 18.5. The first kappa shape index (κ1) is 20.4. The van der Waals surface area contributed by atoms with E-state index in [1.165, 1.54) is 16.5 Å². The highest BCUT2D eigenvalue weighted by Crippen LogP contribution is 2.32. The normalized spacial score (nSPS) is 23.1. The van der Waals surface area contributed by atoms with Crippen LogP contribution < -0.4 is 10.2 Å². The van der Waals surface area contributed by atoms with Gasteiger partial charge in [0.15, 0.2) is 0 Å². The fourth-order valence-corrected chi connectivity index (χ4v) is 5.01. The maximum atomic E-state index is 11.8. The minimum atomic E-state index is -0.430. The lowest BCUT2D eigenvalue weighted by Gasteiger charge is -2.39. The largest absolute Gasteiger partial charge is 0.444 e. The molecule has 2 fully saturated rings. The fraction of sp³-hybridized carbons (Fsp3) is 0.636. The number of anilines is 1. The van der Waals surface area contributed by atoms with Crippen molar-refractivity contribution in [1.29, 1.82) is 0 Å². The summed E-state index contributed by atoms with van der Waals surface area (Å²) in [5.41, 5.74) is -0.430. The van der Waals surface area contributed by atoms with E-state index < -0.39 is 5.60 Å². The summed E-state index contributed by atoms with van der Waals surface area (Å²) in [6.45, 7) is 11.1. The predicted octanol–water partition coefficient (Wildman–Crippen LogP) is 4.11. The van der Waals surface area contributed by atoms with Crippen molar-refractivity contribution < 1.29 is 9.53 Å². The lowest BCUT2D eigenvalue weighted by molar-refractivity contribution is 0.0445. The molecule has 158 valence electrons. The molecule has 2 heterocycles. The van der Waals surface area contributed by atoms with Crippen molar-refractivity contribution >= 4 is 33.5 Å². The molecule has 4 rings (SSSR count). The van der Waals surface area contributed by atoms with Crippen molar-refractivity contribution in [1.82, 2.24) is 14.6 Å². The van der Waals surface area contributed by atoms with E-state index in [-0.39, 0.29) is 12.1 Å². The highest BCUT2D eigenvalue weighted by Gasteiger charge is 2.32. The molecule has 0 spiro atoms. The molecule has 1 aromatic carbocycles. The Morgan fingerprint density at radius 1 is 1.21 bits per heavy atom. The zero-order chi connectivity index (χ0) is 20.4. The molecule has 2 aliphatic rings. The molecule has 2 aromatic rings. The predicted molar refractivity (Wildman–Crippen MR) is 119 cm³/mol. The average Bonchev–Trinajstić information content (AvgIpc) is 3.06. The second-order valence-corrected chi connectivity index (χ2v) is 10.1. The van der Waals surface area contributed by atoms with Crippen LogP contribution in [0.1, 0.15) is 40.0 Å². The van der Waals surface area contributed by atoms with Gasteiger partial charge in [-0.25, -0.2) is 4.79 Å². The van der Waals surface area contributed by atoms with E-state index in [4.69, 9.17) is 9.11 Å². The SMILES string of the molecule is CC(C)(C)OC(=O)NC1CC(CCN2CCN(c3nsc4ccccc34)CC2)C1. The van der Waals surface area contributed by atoms with Crippen LogP contribution in [0.25, 0.3) is 10.1 Å². The van der Waals surface area contributed by atoms with Gasteiger partial charge >= 0.3 is 6.09 Å². The monoisotopic (exact) mass is 416 g/mol. The number of fused-ring (bicyclic) bond motifs is 1. The Balaban J connectivity index is 1.15. The molecule has 0 bridgehead atoms. The molecular weight excluding hydrogens is 384 g/mol. The Labute approximate surface area is 177 Å². The van der Waals surface area contributed by atoms with Gasteiger partial charge in [-0.15, -0.1) is 0 Å². The van der Waals surface area contributed by atoms with Crippen LogP contribution >= 0.6 is 11.5 Å². The maximum absolute atomic E-state index is 11.8. The van der Waals surface area contributed by atoms with Gasteiger partial charge in [0.05, 0.1) is 4.70 Å². The lowest BCUT2D eigenvalue weighted by Crippen LogP contribution is -2.49. The number of carbonyl (C=O) groups excluding carboxylic acids is 1. The number of aromatic nitrogens is 1. The van der Waals surface area contributed by atoms with Crippen LogP contribution in [0.4, 0.5) is 10.6 Å². The summed E-state index contributed by atoms with van der Waals surface area (Å²) in [6.07, 6.45) is 3.08. The molecule has 1 N–H and O–H groups in total. The van der Waals surface area contributed by atoms with Gasteiger partial charge in [0.2, 0.25) is 0 Å². The van der Waals surface area contributed by atoms with Gasteiger partial charge in [-0.3, -0.25) is 4.90 Å². The molecule has 29 heavy (non-hydrogen) atoms. The summed E-state index contributed by atoms with van der Waals surface area (Å²) in [5.74, 6) is 1.87. The Morgan fingerprint density at radius 2 is 1.93 bits per heavy atom. The highest BCUT2D eigenvalue weighted by atomic mass is 32.1. The van der Waals surface area contributed by atoms with Crippen LogP contribution in [0.3, 0.4) is 0 Å². The number of amides is 1. The number of alkyl carbamates (subject to hydrolysis) is 1. The Bertz CT molecular complexity index is 833. The number of nitrogens with one attached hydrogen (secondary N) is 1. The number of rotatable bonds is 5. The topological polar surface area (TPSA) is 57.7 Å². The third kappa shape index (κ3) is 5.20. The van der Waals surface area contributed by atoms with Crippen molar-refractivity contribution in [2.45, 2.75) is 51.7 Å². The number of hydrogen-bond donors (Lipinski definition) is 1. The van der Waals surface area contributed by atoms with E-state index in [9.17, 15) is 4.79 Å². The Morgan fingerprint density at radius 3 is 2.66 bits per heavy atom. The smallest absolute Gasteiger partial charge is 0.407 e. The van der Waals surface area contributed by atoms with E-state index in [1.54, 1.807) is 11.5 Å². The molecule has 0 radical (unpaired) electrons. The molecule has 7 heteroatoms. The quantitative estimate of drug-likeness (QED) is 0.795. The van der Waals surface area contributed by atoms with Crippen molar-refractivity contribution in [3.63, 3.8) is 0 Å². The standard InChI is InChI=1S/C22H32N4O2S/c1-22(2,3)28-21(27)23-17-14-16(15-17)8-9-25-10-12-26(13-11-25)20-18-6-4-5-7-19(18)29-24-20/h4-7,16-17H,8-15H2,1-3H3,(H,23,27). The molecule has 6 nitrogen and oxygen atoms in total. The molecule has 1 saturated heterocycles. The molecular formula is C22H32N4O2S. The maximum Gasteiger partial charge on any atom is 0.407 e. The minimum absolute atomic E-state index is 0.282. The van der Waals surface area contributed by atoms with Crippen molar-refractivity contribution in [2.75, 3.05) is 37.6 Å². The van der Waals surface area contributed by atoms with Gasteiger partial charge < -0.3 is 15.0 Å². The first-order valence-electron chi connectivity index (χ1n) is 10.7. The van der Waals surface area contributed by atoms with Crippen LogP contribution in [0.2, 0.25) is 0 Å². The highest BCUT2D eigenvalue weighted by molar-refractivity contribution is 7.13. The van der Waals surface area contributed by atoms with Crippen LogP contribution in [0, 0.1) is 5.92 Å². The minimum Gasteiger partial charge on any atom is -0.444 e. The van der Waals surface area contributed by atoms with Gasteiger partial charge in [0.1, 0.15) is 11.4 Å². The van der Waals surface area contributed by atoms with Crippen LogP contribution in [-0.2, 0) is 4.74 Å². The number of piperazine rings is 1. The number of carbonyl (C=O) groups is 1. The summed E-state index contributed by atoms with van der Waals surface area (Å²) in [4.78, 5) is 16.8. The summed E-state index contributed by atoms with van der Waals surface area (Å²) in [5, 5.41) is 4.27. The molecule has 1 aromatic heterocycles. The summed E-state index contributed by atoms with van der Waals surface area (Å²) in [6, 6.07) is 8.79. The van der Waals surface area contributed by atoms with Crippen molar-refractivity contribution in [3.05, 3.63) is 24.3 Å². The second kappa shape index (κ2) is 8.48. The molecule has 1 saturated carbocycles. The fourth-order valence-electron chi connectivity index (χ4n) is 4.21. The average molecular weight is 417 g/mol. The van der Waals surface area contributed by atoms with Crippen molar-refractivity contribution in [2.24, 2.45) is 5.92 Å². The van der Waals surface area contributed by atoms with E-state index in [1.807, 2.05) is 20.8 Å². The van der Waals surface area contributed by atoms with Gasteiger partial charge in [-0.2, -0.15) is 4.37 Å². The van der Waals surface area contributed by atoms with Crippen LogP contribution in [0.15, 0.2) is 24.3 Å². The Kier molecular flexibility index (Phi) is 5.97. The number of hydrogen-bond acceptors (Lipinski definition) is 6. The second-order valence-electron chi connectivity index (χ2n) is 9.30. The van der Waals surface area contributed by atoms with Crippen LogP contribution in [-0.4, -0.2) is 59.7 Å². The van der Waals surface area contributed by atoms with E-state index in [0.29, 0.717) is 0 Å². The number of nitrogens with zero attached hydrogens (tertiary/aromatic N) is 3. The summed E-state index contributed by atoms with van der Waals surface area (Å²) >= 11 is 1.60. The first-order chi connectivity index (χ1) is 13.9. The molecule has 1 amide bonds. The van der Waals surface area contributed by atoms with Gasteiger partial charge in [-0.05, 0) is 76.2 Å². The van der Waals surface area contributed by atoms with E-state index in [2.05, 4.69) is 39.4 Å². The molecule has 0 atom stereocenters. The lowest BCUT2D eigenvalue weighted by atomic mass is 9.78. The van der Waals surface area contributed by atoms with E-state index >= 15 is 0 Å². The van der Waals surface area contributed by atoms with Gasteiger partial charge in [-0.1, -0.05) is 12.1 Å². The van der Waals surface area contributed by atoms with Crippen LogP contribution in [0.5, 0.6) is 0 Å². The zero-order valence-electron chi connectivity index (χ0n) is 17.7. The third-order valence-electron chi connectivity index (χ3n) is 5.84. The first-order valence-corrected chi connectivity index (χ1v) is 11.5. The molecule has 0 unspecified atom stereocenters. The number of benzene rings is 1. The van der Waals surface area contributed by atoms with E-state index in [0.717, 1.165) is 57.3 Å². The van der Waals surface area contributed by atoms with Crippen molar-refractivity contribution in [3.8, 4) is 0 Å². The molecule has 1 aliphatic carbocycles. The number of ether oxygens (including phenoxy) is 1. The summed E-state index contributed by atoms with van der Waals surface area (Å²) in [7, 11) is 0. The van der Waals surface area contributed by atoms with Gasteiger partial charge in [0.25, 0.3) is 0 Å². The Hall–Kier alpha value is -1.86. The third-order valence-corrected chi connectivity index (χ3v) is 6.66. The summed E-state index contributed by atoms with van der Waals surface area (Å²) < 4.78 is 11.3. The van der Waals surface area contributed by atoms with Gasteiger partial charge in [0, 0.05) is 37.6 Å².